The number of hydrogen-bond acceptors (Lipinski definition) is 7. The van der Waals surface area contributed by atoms with Crippen molar-refractivity contribution in [2.45, 2.75) is 18.6 Å². The molecule has 8 nitrogen and oxygen atoms in total. The summed E-state index contributed by atoms with van der Waals surface area (Å²) >= 11 is 1.29. The van der Waals surface area contributed by atoms with Crippen molar-refractivity contribution in [1.82, 2.24) is 19.7 Å². The van der Waals surface area contributed by atoms with Crippen LogP contribution in [0.2, 0.25) is 0 Å². The number of anilines is 1. The van der Waals surface area contributed by atoms with Crippen molar-refractivity contribution in [2.24, 2.45) is 0 Å². The van der Waals surface area contributed by atoms with Gasteiger partial charge < -0.3 is 10.1 Å². The van der Waals surface area contributed by atoms with Crippen molar-refractivity contribution in [3.05, 3.63) is 103 Å². The number of aromatic nitrogens is 4. The average molecular weight is 550 g/mol. The van der Waals surface area contributed by atoms with E-state index in [0.29, 0.717) is 35.4 Å². The fourth-order valence-corrected chi connectivity index (χ4v) is 4.98. The number of carbonyl (C=O) groups excluding carboxylic acids is 2. The molecule has 0 saturated carbocycles. The summed E-state index contributed by atoms with van der Waals surface area (Å²) in [6, 6.07) is 26.6. The zero-order valence-electron chi connectivity index (χ0n) is 21.9. The molecule has 1 N–H and O–H groups in total. The molecule has 1 amide bonds. The molecular weight excluding hydrogens is 522 g/mol. The highest BCUT2D eigenvalue weighted by Gasteiger charge is 2.19. The first-order chi connectivity index (χ1) is 19.6. The predicted octanol–water partition coefficient (Wildman–Crippen LogP) is 6.25. The van der Waals surface area contributed by atoms with Gasteiger partial charge in [-0.1, -0.05) is 66.4 Å². The highest BCUT2D eigenvalue weighted by atomic mass is 32.2. The zero-order valence-corrected chi connectivity index (χ0v) is 22.7. The Labute approximate surface area is 236 Å². The van der Waals surface area contributed by atoms with E-state index in [1.165, 1.54) is 11.8 Å². The summed E-state index contributed by atoms with van der Waals surface area (Å²) in [5.41, 5.74) is 4.61. The van der Waals surface area contributed by atoms with Crippen LogP contribution < -0.4 is 5.32 Å². The van der Waals surface area contributed by atoms with Gasteiger partial charge in [-0.05, 0) is 43.3 Å². The van der Waals surface area contributed by atoms with Crippen LogP contribution in [-0.2, 0) is 16.1 Å². The lowest BCUT2D eigenvalue weighted by atomic mass is 10.0. The van der Waals surface area contributed by atoms with Gasteiger partial charge in [0.25, 0.3) is 0 Å². The second kappa shape index (κ2) is 12.4. The molecule has 0 aliphatic heterocycles. The molecule has 0 aliphatic rings. The van der Waals surface area contributed by atoms with Crippen LogP contribution in [0.3, 0.4) is 0 Å². The molecule has 0 unspecified atom stereocenters. The molecule has 0 radical (unpaired) electrons. The Morgan fingerprint density at radius 2 is 1.75 bits per heavy atom. The van der Waals surface area contributed by atoms with Crippen molar-refractivity contribution in [2.75, 3.05) is 17.7 Å². The molecule has 200 valence electrons. The molecule has 0 atom stereocenters. The van der Waals surface area contributed by atoms with Crippen LogP contribution in [0.25, 0.3) is 33.5 Å². The Morgan fingerprint density at radius 1 is 1.00 bits per heavy atom. The van der Waals surface area contributed by atoms with Gasteiger partial charge in [-0.3, -0.25) is 9.36 Å². The first-order valence-corrected chi connectivity index (χ1v) is 13.8. The maximum atomic E-state index is 12.7. The molecule has 0 spiro atoms. The van der Waals surface area contributed by atoms with Crippen LogP contribution in [0.5, 0.6) is 0 Å². The third-order valence-corrected chi connectivity index (χ3v) is 7.03. The number of thioether (sulfide) groups is 1. The SMILES string of the molecule is C=CCn1c(SCC(=O)Nc2ccc(C(=O)OCC)cc2)nnc1-c1cc(-c2ccccc2)nc2ccccc12. The van der Waals surface area contributed by atoms with E-state index in [4.69, 9.17) is 9.72 Å². The van der Waals surface area contributed by atoms with E-state index in [-0.39, 0.29) is 11.7 Å². The second-order valence-electron chi connectivity index (χ2n) is 8.78. The van der Waals surface area contributed by atoms with Crippen molar-refractivity contribution in [3.8, 4) is 22.6 Å². The number of amides is 1. The molecule has 5 rings (SSSR count). The summed E-state index contributed by atoms with van der Waals surface area (Å²) < 4.78 is 6.95. The Hall–Kier alpha value is -4.76. The molecule has 2 aromatic heterocycles. The predicted molar refractivity (Wildman–Crippen MR) is 158 cm³/mol. The van der Waals surface area contributed by atoms with E-state index in [0.717, 1.165) is 27.7 Å². The topological polar surface area (TPSA) is 99.0 Å². The van der Waals surface area contributed by atoms with Gasteiger partial charge >= 0.3 is 5.97 Å². The average Bonchev–Trinajstić information content (AvgIpc) is 3.38. The van der Waals surface area contributed by atoms with Crippen molar-refractivity contribution in [3.63, 3.8) is 0 Å². The van der Waals surface area contributed by atoms with Crippen LogP contribution in [0.1, 0.15) is 17.3 Å². The highest BCUT2D eigenvalue weighted by molar-refractivity contribution is 7.99. The van der Waals surface area contributed by atoms with E-state index < -0.39 is 5.97 Å². The lowest BCUT2D eigenvalue weighted by Gasteiger charge is -2.12. The quantitative estimate of drug-likeness (QED) is 0.125. The Balaban J connectivity index is 1.38. The van der Waals surface area contributed by atoms with Crippen molar-refractivity contribution in [1.29, 1.82) is 0 Å². The fourth-order valence-electron chi connectivity index (χ4n) is 4.24. The molecule has 3 aromatic carbocycles. The van der Waals surface area contributed by atoms with Crippen molar-refractivity contribution >= 4 is 40.2 Å². The third-order valence-electron chi connectivity index (χ3n) is 6.07. The Morgan fingerprint density at radius 3 is 2.50 bits per heavy atom. The monoisotopic (exact) mass is 549 g/mol. The molecule has 0 saturated heterocycles. The number of esters is 1. The first kappa shape index (κ1) is 26.8. The fraction of sp³-hybridized carbons (Fsp3) is 0.129. The summed E-state index contributed by atoms with van der Waals surface area (Å²) in [7, 11) is 0. The minimum absolute atomic E-state index is 0.126. The van der Waals surface area contributed by atoms with Gasteiger partial charge in [0.05, 0.1) is 29.1 Å². The summed E-state index contributed by atoms with van der Waals surface area (Å²) in [5, 5.41) is 13.4. The van der Waals surface area contributed by atoms with Gasteiger partial charge in [0.2, 0.25) is 5.91 Å². The number of nitrogens with zero attached hydrogens (tertiary/aromatic N) is 4. The smallest absolute Gasteiger partial charge is 0.338 e. The van der Waals surface area contributed by atoms with E-state index in [1.807, 2.05) is 65.2 Å². The van der Waals surface area contributed by atoms with Gasteiger partial charge in [0, 0.05) is 28.7 Å². The Bertz CT molecular complexity index is 1670. The summed E-state index contributed by atoms with van der Waals surface area (Å²) in [6.45, 7) is 6.44. The number of para-hydroxylation sites is 1. The zero-order chi connectivity index (χ0) is 27.9. The molecule has 5 aromatic rings. The van der Waals surface area contributed by atoms with Gasteiger partial charge in [-0.15, -0.1) is 16.8 Å². The van der Waals surface area contributed by atoms with Crippen LogP contribution in [0.4, 0.5) is 5.69 Å². The van der Waals surface area contributed by atoms with E-state index in [1.54, 1.807) is 37.3 Å². The molecular formula is C31H27N5O3S. The van der Waals surface area contributed by atoms with Gasteiger partial charge in [-0.2, -0.15) is 0 Å². The molecule has 0 aliphatic carbocycles. The normalized spacial score (nSPS) is 10.8. The number of pyridine rings is 1. The largest absolute Gasteiger partial charge is 0.462 e. The highest BCUT2D eigenvalue weighted by Crippen LogP contribution is 2.33. The number of allylic oxidation sites excluding steroid dienone is 1. The number of rotatable bonds is 10. The summed E-state index contributed by atoms with van der Waals surface area (Å²) in [5.74, 6) is 0.199. The van der Waals surface area contributed by atoms with Crippen LogP contribution in [-0.4, -0.2) is 44.0 Å². The maximum absolute atomic E-state index is 12.7. The van der Waals surface area contributed by atoms with Gasteiger partial charge in [0.1, 0.15) is 0 Å². The minimum Gasteiger partial charge on any atom is -0.462 e. The Kier molecular flexibility index (Phi) is 8.32. The molecule has 2 heterocycles. The number of hydrogen-bond donors (Lipinski definition) is 1. The molecule has 9 heteroatoms. The van der Waals surface area contributed by atoms with E-state index >= 15 is 0 Å². The minimum atomic E-state index is -0.397. The lowest BCUT2D eigenvalue weighted by Crippen LogP contribution is -2.15. The first-order valence-electron chi connectivity index (χ1n) is 12.8. The van der Waals surface area contributed by atoms with Crippen LogP contribution in [0.15, 0.2) is 103 Å². The van der Waals surface area contributed by atoms with Crippen LogP contribution >= 0.6 is 11.8 Å². The van der Waals surface area contributed by atoms with Crippen LogP contribution in [0, 0.1) is 0 Å². The van der Waals surface area contributed by atoms with Gasteiger partial charge in [-0.25, -0.2) is 9.78 Å². The lowest BCUT2D eigenvalue weighted by molar-refractivity contribution is -0.113. The standard InChI is InChI=1S/C31H27N5O3S/c1-3-18-36-29(25-19-27(21-10-6-5-7-11-21)33-26-13-9-8-12-24(25)26)34-35-31(36)40-20-28(37)32-23-16-14-22(15-17-23)30(38)39-4-2/h3,5-17,19H,1,4,18,20H2,2H3,(H,32,37). The number of fused-ring (bicyclic) bond motifs is 1. The van der Waals surface area contributed by atoms with E-state index in [2.05, 4.69) is 22.1 Å². The van der Waals surface area contributed by atoms with E-state index in [9.17, 15) is 9.59 Å². The molecule has 40 heavy (non-hydrogen) atoms. The maximum Gasteiger partial charge on any atom is 0.338 e. The summed E-state index contributed by atoms with van der Waals surface area (Å²) in [6.07, 6.45) is 1.78. The number of carbonyl (C=O) groups is 2. The number of ether oxygens (including phenoxy) is 1. The number of benzene rings is 3. The number of nitrogens with one attached hydrogen (secondary N) is 1. The third kappa shape index (κ3) is 5.94. The second-order valence-corrected chi connectivity index (χ2v) is 9.72. The van der Waals surface area contributed by atoms with Crippen molar-refractivity contribution < 1.29 is 14.3 Å². The molecule has 0 fully saturated rings. The molecule has 0 bridgehead atoms. The summed E-state index contributed by atoms with van der Waals surface area (Å²) in [4.78, 5) is 29.4. The van der Waals surface area contributed by atoms with Gasteiger partial charge in [0.15, 0.2) is 11.0 Å².